The minimum absolute atomic E-state index is 0.141. The van der Waals surface area contributed by atoms with Gasteiger partial charge in [-0.3, -0.25) is 4.79 Å². The number of aryl methyl sites for hydroxylation is 1. The predicted molar refractivity (Wildman–Crippen MR) is 95.8 cm³/mol. The molecule has 3 aromatic rings. The third kappa shape index (κ3) is 4.43. The second-order valence-electron chi connectivity index (χ2n) is 5.93. The van der Waals surface area contributed by atoms with Crippen molar-refractivity contribution in [3.63, 3.8) is 0 Å². The normalized spacial score (nSPS) is 11.2. The summed E-state index contributed by atoms with van der Waals surface area (Å²) >= 11 is 0. The van der Waals surface area contributed by atoms with Gasteiger partial charge in [0, 0.05) is 5.69 Å². The number of anilines is 3. The monoisotopic (exact) mass is 390 g/mol. The van der Waals surface area contributed by atoms with Crippen molar-refractivity contribution >= 4 is 23.0 Å². The van der Waals surface area contributed by atoms with Gasteiger partial charge in [0.1, 0.15) is 5.82 Å². The largest absolute Gasteiger partial charge is 0.416 e. The Balaban J connectivity index is 2.00. The second kappa shape index (κ2) is 7.63. The van der Waals surface area contributed by atoms with Crippen molar-refractivity contribution in [2.75, 3.05) is 10.6 Å². The zero-order valence-electron chi connectivity index (χ0n) is 14.5. The van der Waals surface area contributed by atoms with Crippen molar-refractivity contribution in [2.24, 2.45) is 0 Å². The van der Waals surface area contributed by atoms with E-state index in [1.807, 2.05) is 0 Å². The lowest BCUT2D eigenvalue weighted by atomic mass is 10.1. The van der Waals surface area contributed by atoms with E-state index in [1.54, 1.807) is 6.92 Å². The van der Waals surface area contributed by atoms with Crippen molar-refractivity contribution < 1.29 is 22.4 Å². The summed E-state index contributed by atoms with van der Waals surface area (Å²) in [6.07, 6.45) is -2.01. The van der Waals surface area contributed by atoms with E-state index in [2.05, 4.69) is 20.8 Å². The molecule has 0 bridgehead atoms. The molecule has 144 valence electrons. The van der Waals surface area contributed by atoms with Crippen LogP contribution in [0.2, 0.25) is 0 Å². The first-order chi connectivity index (χ1) is 13.2. The van der Waals surface area contributed by atoms with E-state index in [4.69, 9.17) is 0 Å². The van der Waals surface area contributed by atoms with Crippen LogP contribution in [0.4, 0.5) is 34.6 Å². The molecule has 0 aliphatic rings. The van der Waals surface area contributed by atoms with Gasteiger partial charge in [-0.1, -0.05) is 0 Å². The lowest BCUT2D eigenvalue weighted by Crippen LogP contribution is -2.16. The summed E-state index contributed by atoms with van der Waals surface area (Å²) in [5, 5.41) is 12.5. The fourth-order valence-corrected chi connectivity index (χ4v) is 2.49. The number of amides is 1. The molecule has 0 unspecified atom stereocenters. The van der Waals surface area contributed by atoms with Crippen LogP contribution in [0.5, 0.6) is 0 Å². The highest BCUT2D eigenvalue weighted by Crippen LogP contribution is 2.33. The molecule has 0 spiro atoms. The zero-order chi connectivity index (χ0) is 20.3. The predicted octanol–water partition coefficient (Wildman–Crippen LogP) is 4.94. The molecule has 2 N–H and O–H groups in total. The molecule has 3 rings (SSSR count). The van der Waals surface area contributed by atoms with Gasteiger partial charge in [-0.25, -0.2) is 4.39 Å². The van der Waals surface area contributed by atoms with Crippen LogP contribution in [0.25, 0.3) is 0 Å². The molecular weight excluding hydrogens is 376 g/mol. The van der Waals surface area contributed by atoms with Gasteiger partial charge in [-0.2, -0.15) is 23.4 Å². The number of nitrogens with one attached hydrogen (secondary N) is 2. The maximum atomic E-state index is 13.3. The van der Waals surface area contributed by atoms with Crippen LogP contribution >= 0.6 is 0 Å². The standard InChI is InChI=1S/C19H14F4N4O/c1-11-8-13(20)3-5-16(11)27-17-4-2-12(19(21,22)23)9-15(17)18(28)26-14-6-7-24-25-10-14/h2-10,27H,1H3,(H,24,26,28). The summed E-state index contributed by atoms with van der Waals surface area (Å²) in [6.45, 7) is 1.64. The highest BCUT2D eigenvalue weighted by molar-refractivity contribution is 6.08. The number of hydrogen-bond donors (Lipinski definition) is 2. The minimum atomic E-state index is -4.61. The quantitative estimate of drug-likeness (QED) is 0.620. The van der Waals surface area contributed by atoms with E-state index in [9.17, 15) is 22.4 Å². The maximum Gasteiger partial charge on any atom is 0.416 e. The Morgan fingerprint density at radius 2 is 1.75 bits per heavy atom. The van der Waals surface area contributed by atoms with Crippen molar-refractivity contribution in [3.05, 3.63) is 77.4 Å². The first kappa shape index (κ1) is 19.3. The SMILES string of the molecule is Cc1cc(F)ccc1Nc1ccc(C(F)(F)F)cc1C(=O)Nc1ccnnc1. The van der Waals surface area contributed by atoms with Crippen LogP contribution in [0.1, 0.15) is 21.5 Å². The summed E-state index contributed by atoms with van der Waals surface area (Å²) < 4.78 is 52.6. The number of hydrogen-bond acceptors (Lipinski definition) is 4. The van der Waals surface area contributed by atoms with Crippen LogP contribution < -0.4 is 10.6 Å². The number of alkyl halides is 3. The Morgan fingerprint density at radius 3 is 2.39 bits per heavy atom. The molecule has 1 heterocycles. The van der Waals surface area contributed by atoms with E-state index in [0.29, 0.717) is 11.3 Å². The Kier molecular flexibility index (Phi) is 5.25. The number of aromatic nitrogens is 2. The number of nitrogens with zero attached hydrogens (tertiary/aromatic N) is 2. The highest BCUT2D eigenvalue weighted by atomic mass is 19.4. The first-order valence-corrected chi connectivity index (χ1v) is 8.06. The molecule has 0 saturated heterocycles. The topological polar surface area (TPSA) is 66.9 Å². The van der Waals surface area contributed by atoms with Crippen LogP contribution in [-0.4, -0.2) is 16.1 Å². The number of rotatable bonds is 4. The number of carbonyl (C=O) groups excluding carboxylic acids is 1. The lowest BCUT2D eigenvalue weighted by Gasteiger charge is -2.16. The van der Waals surface area contributed by atoms with Crippen LogP contribution in [-0.2, 0) is 6.18 Å². The highest BCUT2D eigenvalue weighted by Gasteiger charge is 2.32. The molecule has 9 heteroatoms. The van der Waals surface area contributed by atoms with Crippen molar-refractivity contribution in [1.29, 1.82) is 0 Å². The average Bonchev–Trinajstić information content (AvgIpc) is 2.64. The molecule has 1 aromatic heterocycles. The Hall–Kier alpha value is -3.49. The van der Waals surface area contributed by atoms with Gasteiger partial charge in [0.2, 0.25) is 0 Å². The van der Waals surface area contributed by atoms with E-state index in [1.165, 1.54) is 36.7 Å². The third-order valence-corrected chi connectivity index (χ3v) is 3.89. The number of carbonyl (C=O) groups is 1. The lowest BCUT2D eigenvalue weighted by molar-refractivity contribution is -0.137. The Bertz CT molecular complexity index is 1010. The fourth-order valence-electron chi connectivity index (χ4n) is 2.49. The van der Waals surface area contributed by atoms with Gasteiger partial charge in [0.25, 0.3) is 5.91 Å². The molecule has 0 aliphatic carbocycles. The summed E-state index contributed by atoms with van der Waals surface area (Å²) in [5.74, 6) is -1.21. The van der Waals surface area contributed by atoms with E-state index < -0.39 is 23.5 Å². The van der Waals surface area contributed by atoms with Gasteiger partial charge in [0.05, 0.1) is 34.9 Å². The van der Waals surface area contributed by atoms with Crippen LogP contribution in [0.15, 0.2) is 54.9 Å². The number of halogens is 4. The summed E-state index contributed by atoms with van der Waals surface area (Å²) in [6, 6.07) is 8.16. The van der Waals surface area contributed by atoms with Gasteiger partial charge >= 0.3 is 6.18 Å². The molecule has 28 heavy (non-hydrogen) atoms. The van der Waals surface area contributed by atoms with Gasteiger partial charge in [0.15, 0.2) is 0 Å². The first-order valence-electron chi connectivity index (χ1n) is 8.06. The molecule has 5 nitrogen and oxygen atoms in total. The molecule has 2 aromatic carbocycles. The maximum absolute atomic E-state index is 13.3. The van der Waals surface area contributed by atoms with E-state index in [-0.39, 0.29) is 16.9 Å². The van der Waals surface area contributed by atoms with Gasteiger partial charge in [-0.05, 0) is 55.0 Å². The molecule has 0 fully saturated rings. The molecule has 0 saturated carbocycles. The van der Waals surface area contributed by atoms with Gasteiger partial charge < -0.3 is 10.6 Å². The molecule has 0 atom stereocenters. The van der Waals surface area contributed by atoms with Crippen molar-refractivity contribution in [1.82, 2.24) is 10.2 Å². The van der Waals surface area contributed by atoms with E-state index >= 15 is 0 Å². The molecule has 1 amide bonds. The molecule has 0 radical (unpaired) electrons. The second-order valence-corrected chi connectivity index (χ2v) is 5.93. The fraction of sp³-hybridized carbons (Fsp3) is 0.105. The van der Waals surface area contributed by atoms with Crippen LogP contribution in [0, 0.1) is 12.7 Å². The van der Waals surface area contributed by atoms with Gasteiger partial charge in [-0.15, -0.1) is 0 Å². The molecule has 0 aliphatic heterocycles. The smallest absolute Gasteiger partial charge is 0.355 e. The van der Waals surface area contributed by atoms with Crippen LogP contribution in [0.3, 0.4) is 0 Å². The Labute approximate surface area is 157 Å². The number of benzene rings is 2. The summed E-state index contributed by atoms with van der Waals surface area (Å²) in [4.78, 5) is 12.6. The van der Waals surface area contributed by atoms with E-state index in [0.717, 1.165) is 18.2 Å². The van der Waals surface area contributed by atoms with Crippen molar-refractivity contribution in [2.45, 2.75) is 13.1 Å². The minimum Gasteiger partial charge on any atom is -0.355 e. The summed E-state index contributed by atoms with van der Waals surface area (Å²) in [7, 11) is 0. The zero-order valence-corrected chi connectivity index (χ0v) is 14.5. The summed E-state index contributed by atoms with van der Waals surface area (Å²) in [5.41, 5.74) is 0.219. The third-order valence-electron chi connectivity index (χ3n) is 3.89. The Morgan fingerprint density at radius 1 is 1.00 bits per heavy atom. The average molecular weight is 390 g/mol. The molecular formula is C19H14F4N4O. The van der Waals surface area contributed by atoms with Crippen molar-refractivity contribution in [3.8, 4) is 0 Å².